The fourth-order valence-electron chi connectivity index (χ4n) is 1.97. The van der Waals surface area contributed by atoms with Gasteiger partial charge in [-0.25, -0.2) is 0 Å². The van der Waals surface area contributed by atoms with Crippen molar-refractivity contribution in [3.8, 4) is 0 Å². The van der Waals surface area contributed by atoms with Crippen LogP contribution in [0.5, 0.6) is 0 Å². The van der Waals surface area contributed by atoms with Gasteiger partial charge in [0.05, 0.1) is 5.56 Å². The third-order valence-corrected chi connectivity index (χ3v) is 3.24. The second-order valence-corrected chi connectivity index (χ2v) is 4.86. The fourth-order valence-corrected chi connectivity index (χ4v) is 2.28. The Bertz CT molecular complexity index is 376. The van der Waals surface area contributed by atoms with E-state index in [1.807, 2.05) is 6.92 Å². The van der Waals surface area contributed by atoms with Gasteiger partial charge in [-0.3, -0.25) is 9.78 Å². The Kier molecular flexibility index (Phi) is 6.73. The van der Waals surface area contributed by atoms with Gasteiger partial charge >= 0.3 is 0 Å². The largest absolute Gasteiger partial charge is 0.352 e. The molecular weight excluding hydrogens is 248 g/mol. The second kappa shape index (κ2) is 8.09. The molecule has 1 unspecified atom stereocenters. The van der Waals surface area contributed by atoms with Crippen LogP contribution in [-0.2, 0) is 0 Å². The van der Waals surface area contributed by atoms with Crippen molar-refractivity contribution in [1.29, 1.82) is 0 Å². The molecule has 0 aromatic carbocycles. The Morgan fingerprint density at radius 3 is 2.89 bits per heavy atom. The maximum absolute atomic E-state index is 12.0. The number of carbonyl (C=O) groups is 1. The van der Waals surface area contributed by atoms with Crippen LogP contribution < -0.4 is 5.32 Å². The summed E-state index contributed by atoms with van der Waals surface area (Å²) in [6, 6.07) is 3.58. The smallest absolute Gasteiger partial charge is 0.253 e. The fraction of sp³-hybridized carbons (Fsp3) is 0.571. The van der Waals surface area contributed by atoms with Crippen LogP contribution in [0, 0.1) is 12.8 Å². The van der Waals surface area contributed by atoms with E-state index < -0.39 is 0 Å². The molecule has 18 heavy (non-hydrogen) atoms. The molecule has 1 N–H and O–H groups in total. The number of aromatic nitrogens is 1. The minimum Gasteiger partial charge on any atom is -0.352 e. The number of nitrogens with zero attached hydrogens (tertiary/aromatic N) is 1. The summed E-state index contributed by atoms with van der Waals surface area (Å²) in [4.78, 5) is 16.1. The quantitative estimate of drug-likeness (QED) is 0.772. The molecule has 1 atom stereocenters. The third-order valence-electron chi connectivity index (χ3n) is 3.02. The lowest BCUT2D eigenvalue weighted by Crippen LogP contribution is -2.30. The monoisotopic (exact) mass is 268 g/mol. The van der Waals surface area contributed by atoms with E-state index in [1.165, 1.54) is 0 Å². The molecule has 0 bridgehead atoms. The zero-order valence-electron chi connectivity index (χ0n) is 11.1. The molecule has 0 saturated heterocycles. The zero-order chi connectivity index (χ0) is 13.4. The summed E-state index contributed by atoms with van der Waals surface area (Å²) in [6.07, 6.45) is 4.85. The summed E-state index contributed by atoms with van der Waals surface area (Å²) in [5, 5.41) is 2.97. The minimum atomic E-state index is -0.0451. The minimum absolute atomic E-state index is 0.0451. The Hall–Kier alpha value is -1.09. The number of pyridine rings is 1. The van der Waals surface area contributed by atoms with Gasteiger partial charge in [0.2, 0.25) is 0 Å². The number of rotatable bonds is 7. The Balaban J connectivity index is 2.52. The van der Waals surface area contributed by atoms with Crippen molar-refractivity contribution in [2.75, 3.05) is 12.4 Å². The number of hydrogen-bond acceptors (Lipinski definition) is 2. The molecule has 0 radical (unpaired) electrons. The Labute approximate surface area is 114 Å². The van der Waals surface area contributed by atoms with E-state index in [-0.39, 0.29) is 5.91 Å². The van der Waals surface area contributed by atoms with E-state index in [0.29, 0.717) is 23.9 Å². The molecule has 100 valence electrons. The van der Waals surface area contributed by atoms with Gasteiger partial charge in [0.15, 0.2) is 0 Å². The highest BCUT2D eigenvalue weighted by molar-refractivity contribution is 6.17. The average Bonchev–Trinajstić information content (AvgIpc) is 2.36. The van der Waals surface area contributed by atoms with Gasteiger partial charge in [0.25, 0.3) is 5.91 Å². The molecule has 1 heterocycles. The van der Waals surface area contributed by atoms with Crippen molar-refractivity contribution in [1.82, 2.24) is 10.3 Å². The van der Waals surface area contributed by atoms with Crippen LogP contribution in [0.4, 0.5) is 0 Å². The third kappa shape index (κ3) is 4.65. The molecule has 1 amide bonds. The van der Waals surface area contributed by atoms with E-state index in [9.17, 15) is 4.79 Å². The van der Waals surface area contributed by atoms with E-state index in [4.69, 9.17) is 11.6 Å². The maximum Gasteiger partial charge on any atom is 0.253 e. The van der Waals surface area contributed by atoms with Crippen molar-refractivity contribution in [2.45, 2.75) is 33.1 Å². The van der Waals surface area contributed by atoms with Gasteiger partial charge in [0.1, 0.15) is 0 Å². The van der Waals surface area contributed by atoms with Gasteiger partial charge in [-0.05, 0) is 37.8 Å². The van der Waals surface area contributed by atoms with Crippen LogP contribution in [0.1, 0.15) is 42.2 Å². The first-order chi connectivity index (χ1) is 8.69. The molecule has 0 saturated carbocycles. The first kappa shape index (κ1) is 15.0. The van der Waals surface area contributed by atoms with Gasteiger partial charge in [-0.15, -0.1) is 11.6 Å². The predicted octanol–water partition coefficient (Wildman–Crippen LogP) is 3.17. The maximum atomic E-state index is 12.0. The van der Waals surface area contributed by atoms with Crippen molar-refractivity contribution in [3.63, 3.8) is 0 Å². The molecule has 1 aromatic rings. The normalized spacial score (nSPS) is 12.2. The molecule has 3 nitrogen and oxygen atoms in total. The molecule has 4 heteroatoms. The van der Waals surface area contributed by atoms with Crippen LogP contribution in [0.2, 0.25) is 0 Å². The van der Waals surface area contributed by atoms with Crippen molar-refractivity contribution in [2.24, 2.45) is 5.92 Å². The predicted molar refractivity (Wildman–Crippen MR) is 75.0 cm³/mol. The summed E-state index contributed by atoms with van der Waals surface area (Å²) in [5.41, 5.74) is 1.41. The number of amides is 1. The molecular formula is C14H21ClN2O. The van der Waals surface area contributed by atoms with Crippen molar-refractivity contribution < 1.29 is 4.79 Å². The average molecular weight is 269 g/mol. The van der Waals surface area contributed by atoms with E-state index >= 15 is 0 Å². The van der Waals surface area contributed by atoms with E-state index in [0.717, 1.165) is 25.0 Å². The number of aryl methyl sites for hydroxylation is 1. The lowest BCUT2D eigenvalue weighted by molar-refractivity contribution is 0.0945. The standard InChI is InChI=1S/C14H21ClN2O/c1-3-5-12(7-8-15)10-17-14(18)13-6-4-9-16-11(13)2/h4,6,9,12H,3,5,7-8,10H2,1-2H3,(H,17,18). The lowest BCUT2D eigenvalue weighted by atomic mass is 10.0. The highest BCUT2D eigenvalue weighted by atomic mass is 35.5. The number of alkyl halides is 1. The molecule has 0 aliphatic rings. The highest BCUT2D eigenvalue weighted by Gasteiger charge is 2.12. The molecule has 0 aliphatic carbocycles. The van der Waals surface area contributed by atoms with Gasteiger partial charge in [-0.2, -0.15) is 0 Å². The SMILES string of the molecule is CCCC(CCCl)CNC(=O)c1cccnc1C. The van der Waals surface area contributed by atoms with Crippen LogP contribution in [0.15, 0.2) is 18.3 Å². The van der Waals surface area contributed by atoms with Gasteiger partial charge in [0, 0.05) is 24.3 Å². The van der Waals surface area contributed by atoms with Crippen LogP contribution in [0.3, 0.4) is 0 Å². The number of hydrogen-bond donors (Lipinski definition) is 1. The van der Waals surface area contributed by atoms with Crippen molar-refractivity contribution in [3.05, 3.63) is 29.6 Å². The summed E-state index contributed by atoms with van der Waals surface area (Å²) in [7, 11) is 0. The number of carbonyl (C=O) groups excluding carboxylic acids is 1. The molecule has 0 aliphatic heterocycles. The first-order valence-corrected chi connectivity index (χ1v) is 6.98. The summed E-state index contributed by atoms with van der Waals surface area (Å²) < 4.78 is 0. The first-order valence-electron chi connectivity index (χ1n) is 6.44. The number of nitrogens with one attached hydrogen (secondary N) is 1. The second-order valence-electron chi connectivity index (χ2n) is 4.48. The molecule has 0 spiro atoms. The van der Waals surface area contributed by atoms with Crippen LogP contribution in [-0.4, -0.2) is 23.3 Å². The number of halogens is 1. The van der Waals surface area contributed by atoms with E-state index in [2.05, 4.69) is 17.2 Å². The molecule has 1 rings (SSSR count). The van der Waals surface area contributed by atoms with Crippen LogP contribution >= 0.6 is 11.6 Å². The van der Waals surface area contributed by atoms with E-state index in [1.54, 1.807) is 18.3 Å². The summed E-state index contributed by atoms with van der Waals surface area (Å²) >= 11 is 5.77. The van der Waals surface area contributed by atoms with Gasteiger partial charge in [-0.1, -0.05) is 13.3 Å². The topological polar surface area (TPSA) is 42.0 Å². The summed E-state index contributed by atoms with van der Waals surface area (Å²) in [6.45, 7) is 4.68. The molecule has 1 aromatic heterocycles. The Morgan fingerprint density at radius 2 is 2.28 bits per heavy atom. The highest BCUT2D eigenvalue weighted by Crippen LogP contribution is 2.11. The summed E-state index contributed by atoms with van der Waals surface area (Å²) in [5.74, 6) is 1.07. The Morgan fingerprint density at radius 1 is 1.50 bits per heavy atom. The van der Waals surface area contributed by atoms with Crippen molar-refractivity contribution >= 4 is 17.5 Å². The van der Waals surface area contributed by atoms with Gasteiger partial charge < -0.3 is 5.32 Å². The van der Waals surface area contributed by atoms with Crippen LogP contribution in [0.25, 0.3) is 0 Å². The lowest BCUT2D eigenvalue weighted by Gasteiger charge is -2.15. The zero-order valence-corrected chi connectivity index (χ0v) is 11.8. The molecule has 0 fully saturated rings.